The molecule has 0 spiro atoms. The monoisotopic (exact) mass is 658 g/mol. The SMILES string of the molecule is CS(=O)(=O)c1ccc2c(c1)CCN(C(=O)C1CC1)C2C(=O)Nc1ccc(-c2ccc(C(O)(C(F)(F)F)C(F)(F)F)cc2F)cc1. The molecular formula is C30H25F7N2O5S. The number of nitrogens with zero attached hydrogens (tertiary/aromatic N) is 1. The zero-order valence-electron chi connectivity index (χ0n) is 23.3. The summed E-state index contributed by atoms with van der Waals surface area (Å²) in [6.45, 7) is 0.180. The summed E-state index contributed by atoms with van der Waals surface area (Å²) in [6.07, 6.45) is -9.58. The van der Waals surface area contributed by atoms with Crippen molar-refractivity contribution in [1.82, 2.24) is 4.90 Å². The third-order valence-electron chi connectivity index (χ3n) is 7.90. The number of hydrogen-bond donors (Lipinski definition) is 2. The fourth-order valence-corrected chi connectivity index (χ4v) is 6.00. The van der Waals surface area contributed by atoms with Gasteiger partial charge in [-0.1, -0.05) is 30.3 Å². The van der Waals surface area contributed by atoms with E-state index < -0.39 is 51.1 Å². The summed E-state index contributed by atoms with van der Waals surface area (Å²) < 4.78 is 118. The number of benzene rings is 3. The Morgan fingerprint density at radius 3 is 2.07 bits per heavy atom. The van der Waals surface area contributed by atoms with Gasteiger partial charge in [0.05, 0.1) is 4.90 Å². The van der Waals surface area contributed by atoms with Crippen LogP contribution in [0.2, 0.25) is 0 Å². The molecule has 0 radical (unpaired) electrons. The highest BCUT2D eigenvalue weighted by Crippen LogP contribution is 2.50. The van der Waals surface area contributed by atoms with Crippen LogP contribution in [0.15, 0.2) is 65.6 Å². The van der Waals surface area contributed by atoms with Crippen molar-refractivity contribution in [2.75, 3.05) is 18.1 Å². The van der Waals surface area contributed by atoms with Gasteiger partial charge in [-0.2, -0.15) is 26.3 Å². The molecule has 0 aromatic heterocycles. The Morgan fingerprint density at radius 1 is 0.911 bits per heavy atom. The Morgan fingerprint density at radius 2 is 1.53 bits per heavy atom. The first-order chi connectivity index (χ1) is 20.8. The highest BCUT2D eigenvalue weighted by atomic mass is 32.2. The van der Waals surface area contributed by atoms with E-state index >= 15 is 0 Å². The predicted molar refractivity (Wildman–Crippen MR) is 147 cm³/mol. The van der Waals surface area contributed by atoms with Crippen LogP contribution in [0.25, 0.3) is 11.1 Å². The molecule has 1 heterocycles. The maximum absolute atomic E-state index is 14.8. The molecule has 1 unspecified atom stereocenters. The standard InChI is InChI=1S/C30H25F7N2O5S/c1-45(43,44)21-9-11-23-18(14-21)12-13-39(27(41)17-2-3-17)25(23)26(40)38-20-7-4-16(5-8-20)22-10-6-19(15-24(22)31)28(42,29(32,33)34)30(35,36)37/h4-11,14-15,17,25,42H,2-3,12-13H2,1H3,(H,38,40). The molecule has 45 heavy (non-hydrogen) atoms. The van der Waals surface area contributed by atoms with Crippen molar-refractivity contribution < 1.29 is 53.8 Å². The summed E-state index contributed by atoms with van der Waals surface area (Å²) in [6, 6.07) is 9.41. The molecule has 240 valence electrons. The minimum Gasteiger partial charge on any atom is -0.369 e. The Labute approximate surface area is 252 Å². The second-order valence-electron chi connectivity index (χ2n) is 11.1. The first-order valence-corrected chi connectivity index (χ1v) is 15.4. The van der Waals surface area contributed by atoms with Crippen molar-refractivity contribution >= 4 is 27.3 Å². The first kappa shape index (κ1) is 32.4. The Hall–Kier alpha value is -3.98. The number of carbonyl (C=O) groups excluding carboxylic acids is 2. The quantitative estimate of drug-likeness (QED) is 0.332. The van der Waals surface area contributed by atoms with Gasteiger partial charge in [0.25, 0.3) is 11.5 Å². The van der Waals surface area contributed by atoms with E-state index in [9.17, 15) is 53.8 Å². The lowest BCUT2D eigenvalue weighted by atomic mass is 9.90. The normalized spacial score (nSPS) is 17.5. The molecule has 1 saturated carbocycles. The minimum absolute atomic E-state index is 0.0345. The summed E-state index contributed by atoms with van der Waals surface area (Å²) in [5.41, 5.74) is -6.12. The van der Waals surface area contributed by atoms with Crippen molar-refractivity contribution in [3.8, 4) is 11.1 Å². The molecular weight excluding hydrogens is 633 g/mol. The highest BCUT2D eigenvalue weighted by Gasteiger charge is 2.71. The Bertz CT molecular complexity index is 1750. The molecule has 5 rings (SSSR count). The molecule has 7 nitrogen and oxygen atoms in total. The zero-order valence-corrected chi connectivity index (χ0v) is 24.2. The number of sulfone groups is 1. The van der Waals surface area contributed by atoms with Crippen LogP contribution in [0.4, 0.5) is 36.4 Å². The Kier molecular flexibility index (Phi) is 8.01. The molecule has 0 saturated heterocycles. The number of amides is 2. The van der Waals surface area contributed by atoms with E-state index in [0.717, 1.165) is 6.26 Å². The van der Waals surface area contributed by atoms with Gasteiger partial charge in [0, 0.05) is 35.5 Å². The lowest BCUT2D eigenvalue weighted by molar-refractivity contribution is -0.376. The van der Waals surface area contributed by atoms with Crippen molar-refractivity contribution in [2.24, 2.45) is 5.92 Å². The number of fused-ring (bicyclic) bond motifs is 1. The maximum atomic E-state index is 14.8. The largest absolute Gasteiger partial charge is 0.430 e. The number of rotatable bonds is 6. The molecule has 1 aliphatic carbocycles. The molecule has 0 bridgehead atoms. The number of anilines is 1. The van der Waals surface area contributed by atoms with Gasteiger partial charge in [0.2, 0.25) is 5.91 Å². The number of alkyl halides is 6. The van der Waals surface area contributed by atoms with E-state index in [1.165, 1.54) is 47.4 Å². The van der Waals surface area contributed by atoms with Gasteiger partial charge >= 0.3 is 12.4 Å². The number of aliphatic hydroxyl groups is 1. The summed E-state index contributed by atoms with van der Waals surface area (Å²) in [5.74, 6) is -2.48. The van der Waals surface area contributed by atoms with Crippen molar-refractivity contribution in [3.63, 3.8) is 0 Å². The lowest BCUT2D eigenvalue weighted by Gasteiger charge is -2.36. The van der Waals surface area contributed by atoms with Gasteiger partial charge in [-0.05, 0) is 66.3 Å². The first-order valence-electron chi connectivity index (χ1n) is 13.5. The molecule has 3 aromatic carbocycles. The number of carbonyl (C=O) groups is 2. The van der Waals surface area contributed by atoms with Gasteiger partial charge < -0.3 is 15.3 Å². The van der Waals surface area contributed by atoms with Crippen molar-refractivity contribution in [1.29, 1.82) is 0 Å². The van der Waals surface area contributed by atoms with Gasteiger partial charge in [-0.25, -0.2) is 12.8 Å². The third kappa shape index (κ3) is 6.02. The van der Waals surface area contributed by atoms with Crippen molar-refractivity contribution in [3.05, 3.63) is 83.2 Å². The lowest BCUT2D eigenvalue weighted by Crippen LogP contribution is -2.53. The summed E-state index contributed by atoms with van der Waals surface area (Å²) >= 11 is 0. The van der Waals surface area contributed by atoms with Crippen LogP contribution >= 0.6 is 0 Å². The number of hydrogen-bond acceptors (Lipinski definition) is 5. The van der Waals surface area contributed by atoms with Crippen LogP contribution in [0.1, 0.15) is 35.6 Å². The Balaban J connectivity index is 1.41. The fourth-order valence-electron chi connectivity index (χ4n) is 5.32. The molecule has 1 fully saturated rings. The van der Waals surface area contributed by atoms with Crippen LogP contribution in [-0.4, -0.2) is 55.4 Å². The number of halogens is 7. The summed E-state index contributed by atoms with van der Waals surface area (Å²) in [7, 11) is -3.53. The van der Waals surface area contributed by atoms with Gasteiger partial charge in [0.1, 0.15) is 11.9 Å². The topological polar surface area (TPSA) is 104 Å². The van der Waals surface area contributed by atoms with E-state index in [-0.39, 0.29) is 46.1 Å². The summed E-state index contributed by atoms with van der Waals surface area (Å²) in [4.78, 5) is 28.2. The molecule has 1 aliphatic heterocycles. The third-order valence-corrected chi connectivity index (χ3v) is 9.01. The van der Waals surface area contributed by atoms with E-state index in [0.29, 0.717) is 42.5 Å². The van der Waals surface area contributed by atoms with E-state index in [2.05, 4.69) is 5.32 Å². The average Bonchev–Trinajstić information content (AvgIpc) is 3.80. The summed E-state index contributed by atoms with van der Waals surface area (Å²) in [5, 5.41) is 12.2. The molecule has 3 aromatic rings. The van der Waals surface area contributed by atoms with Gasteiger partial charge in [0.15, 0.2) is 9.84 Å². The molecule has 1 atom stereocenters. The van der Waals surface area contributed by atoms with Crippen LogP contribution in [0.5, 0.6) is 0 Å². The molecule has 2 amide bonds. The smallest absolute Gasteiger partial charge is 0.369 e. The van der Waals surface area contributed by atoms with Crippen LogP contribution < -0.4 is 5.32 Å². The molecule has 15 heteroatoms. The van der Waals surface area contributed by atoms with Crippen molar-refractivity contribution in [2.45, 2.75) is 48.2 Å². The zero-order chi connectivity index (χ0) is 33.1. The predicted octanol–water partition coefficient (Wildman–Crippen LogP) is 5.68. The fraction of sp³-hybridized carbons (Fsp3) is 0.333. The number of nitrogens with one attached hydrogen (secondary N) is 1. The second-order valence-corrected chi connectivity index (χ2v) is 13.1. The molecule has 2 N–H and O–H groups in total. The maximum Gasteiger partial charge on any atom is 0.430 e. The minimum atomic E-state index is -6.17. The van der Waals surface area contributed by atoms with E-state index in [4.69, 9.17) is 0 Å². The van der Waals surface area contributed by atoms with Crippen LogP contribution in [0.3, 0.4) is 0 Å². The average molecular weight is 659 g/mol. The van der Waals surface area contributed by atoms with Gasteiger partial charge in [-0.3, -0.25) is 9.59 Å². The van der Waals surface area contributed by atoms with Crippen LogP contribution in [-0.2, 0) is 31.4 Å². The van der Waals surface area contributed by atoms with Crippen LogP contribution in [0, 0.1) is 11.7 Å². The van der Waals surface area contributed by atoms with E-state index in [1.54, 1.807) is 0 Å². The highest BCUT2D eigenvalue weighted by molar-refractivity contribution is 7.90. The van der Waals surface area contributed by atoms with Gasteiger partial charge in [-0.15, -0.1) is 0 Å². The second kappa shape index (κ2) is 11.1. The molecule has 2 aliphatic rings. The van der Waals surface area contributed by atoms with E-state index in [1.807, 2.05) is 0 Å².